The topological polar surface area (TPSA) is 29.5 Å². The first-order chi connectivity index (χ1) is 12.5. The van der Waals surface area contributed by atoms with Crippen LogP contribution in [-0.4, -0.2) is 30.2 Å². The molecule has 1 unspecified atom stereocenters. The summed E-state index contributed by atoms with van der Waals surface area (Å²) in [5.74, 6) is 1.55. The molecule has 136 valence electrons. The molecule has 2 aliphatic rings. The Kier molecular flexibility index (Phi) is 4.73. The van der Waals surface area contributed by atoms with E-state index in [1.165, 1.54) is 12.1 Å². The molecule has 3 nitrogen and oxygen atoms in total. The van der Waals surface area contributed by atoms with Gasteiger partial charge in [0.25, 0.3) is 0 Å². The van der Waals surface area contributed by atoms with E-state index >= 15 is 0 Å². The third-order valence-electron chi connectivity index (χ3n) is 5.17. The highest BCUT2D eigenvalue weighted by molar-refractivity contribution is 9.10. The van der Waals surface area contributed by atoms with Crippen molar-refractivity contribution in [2.24, 2.45) is 0 Å². The Bertz CT molecular complexity index is 838. The zero-order valence-corrected chi connectivity index (χ0v) is 16.8. The molecule has 0 aromatic heterocycles. The van der Waals surface area contributed by atoms with Crippen molar-refractivity contribution >= 4 is 33.6 Å². The number of amides is 1. The first-order valence-electron chi connectivity index (χ1n) is 8.57. The Balaban J connectivity index is 1.66. The summed E-state index contributed by atoms with van der Waals surface area (Å²) in [6.45, 7) is 0.715. The van der Waals surface area contributed by atoms with Crippen molar-refractivity contribution in [3.63, 3.8) is 0 Å². The van der Waals surface area contributed by atoms with Crippen LogP contribution in [0, 0.1) is 5.82 Å². The van der Waals surface area contributed by atoms with Crippen LogP contribution in [0.2, 0.25) is 0 Å². The molecule has 2 aromatic rings. The number of benzene rings is 2. The number of carbonyl (C=O) groups excluding carboxylic acids is 1. The zero-order valence-electron chi connectivity index (χ0n) is 14.4. The third kappa shape index (κ3) is 3.03. The number of halogens is 2. The van der Waals surface area contributed by atoms with Crippen LogP contribution in [0.25, 0.3) is 0 Å². The van der Waals surface area contributed by atoms with Crippen molar-refractivity contribution in [2.45, 2.75) is 23.6 Å². The Hall–Kier alpha value is -1.53. The molecule has 1 amide bonds. The van der Waals surface area contributed by atoms with E-state index in [1.807, 2.05) is 23.1 Å². The number of thioether (sulfide) groups is 1. The normalized spacial score (nSPS) is 20.9. The number of hydrogen-bond acceptors (Lipinski definition) is 3. The monoisotopic (exact) mass is 435 g/mol. The number of rotatable bonds is 4. The molecule has 1 saturated heterocycles. The minimum absolute atomic E-state index is 0.0622. The largest absolute Gasteiger partial charge is 0.496 e. The van der Waals surface area contributed by atoms with Crippen molar-refractivity contribution in [3.05, 3.63) is 63.9 Å². The van der Waals surface area contributed by atoms with Crippen LogP contribution in [0.4, 0.5) is 4.39 Å². The molecule has 1 heterocycles. The van der Waals surface area contributed by atoms with Gasteiger partial charge in [-0.1, -0.05) is 28.1 Å². The predicted molar refractivity (Wildman–Crippen MR) is 105 cm³/mol. The number of nitrogens with zero attached hydrogens (tertiary/aromatic N) is 1. The molecule has 6 heteroatoms. The van der Waals surface area contributed by atoms with E-state index in [0.717, 1.165) is 39.9 Å². The summed E-state index contributed by atoms with van der Waals surface area (Å²) in [6, 6.07) is 12.3. The zero-order chi connectivity index (χ0) is 18.3. The van der Waals surface area contributed by atoms with Gasteiger partial charge < -0.3 is 9.64 Å². The van der Waals surface area contributed by atoms with E-state index in [9.17, 15) is 9.18 Å². The molecule has 0 bridgehead atoms. The third-order valence-corrected chi connectivity index (χ3v) is 6.90. The molecule has 0 radical (unpaired) electrons. The van der Waals surface area contributed by atoms with E-state index in [2.05, 4.69) is 15.9 Å². The minimum atomic E-state index is -0.490. The van der Waals surface area contributed by atoms with Gasteiger partial charge in [-0.2, -0.15) is 0 Å². The van der Waals surface area contributed by atoms with Crippen molar-refractivity contribution in [3.8, 4) is 5.75 Å². The van der Waals surface area contributed by atoms with Gasteiger partial charge in [-0.05, 0) is 48.7 Å². The highest BCUT2D eigenvalue weighted by Gasteiger charge is 2.54. The molecule has 1 aliphatic heterocycles. The lowest BCUT2D eigenvalue weighted by molar-refractivity contribution is -0.134. The average Bonchev–Trinajstić information content (AvgIpc) is 3.31. The molecule has 2 fully saturated rings. The van der Waals surface area contributed by atoms with Gasteiger partial charge in [0.1, 0.15) is 16.9 Å². The number of hydrogen-bond donors (Lipinski definition) is 0. The quantitative estimate of drug-likeness (QED) is 0.683. The first-order valence-corrected chi connectivity index (χ1v) is 10.4. The van der Waals surface area contributed by atoms with Gasteiger partial charge in [0.2, 0.25) is 5.91 Å². The molecule has 26 heavy (non-hydrogen) atoms. The van der Waals surface area contributed by atoms with E-state index in [-0.39, 0.29) is 17.1 Å². The molecule has 0 spiro atoms. The average molecular weight is 436 g/mol. The van der Waals surface area contributed by atoms with Crippen LogP contribution < -0.4 is 4.74 Å². The summed E-state index contributed by atoms with van der Waals surface area (Å²) in [5.41, 5.74) is 1.43. The SMILES string of the molecule is COc1ccc(Br)cc1C1SCCN1C(=O)C1(c2ccc(F)cc2)CC1. The Labute approximate surface area is 165 Å². The summed E-state index contributed by atoms with van der Waals surface area (Å²) < 4.78 is 19.8. The summed E-state index contributed by atoms with van der Waals surface area (Å²) in [7, 11) is 1.65. The molecule has 1 atom stereocenters. The van der Waals surface area contributed by atoms with Gasteiger partial charge in [-0.15, -0.1) is 11.8 Å². The Morgan fingerprint density at radius 1 is 1.27 bits per heavy atom. The molecular formula is C20H19BrFNO2S. The fourth-order valence-electron chi connectivity index (χ4n) is 3.63. The lowest BCUT2D eigenvalue weighted by Gasteiger charge is -2.29. The van der Waals surface area contributed by atoms with Crippen LogP contribution >= 0.6 is 27.7 Å². The maximum atomic E-state index is 13.4. The lowest BCUT2D eigenvalue weighted by Crippen LogP contribution is -2.39. The second-order valence-corrected chi connectivity index (χ2v) is 8.80. The fraction of sp³-hybridized carbons (Fsp3) is 0.350. The van der Waals surface area contributed by atoms with E-state index in [0.29, 0.717) is 6.54 Å². The number of ether oxygens (including phenoxy) is 1. The van der Waals surface area contributed by atoms with Crippen molar-refractivity contribution in [1.82, 2.24) is 4.90 Å². The van der Waals surface area contributed by atoms with Crippen LogP contribution in [0.1, 0.15) is 29.3 Å². The highest BCUT2D eigenvalue weighted by Crippen LogP contribution is 2.53. The van der Waals surface area contributed by atoms with Gasteiger partial charge in [-0.3, -0.25) is 4.79 Å². The Morgan fingerprint density at radius 2 is 2.00 bits per heavy atom. The second kappa shape index (κ2) is 6.89. The van der Waals surface area contributed by atoms with Crippen LogP contribution in [-0.2, 0) is 10.2 Å². The molecule has 1 aliphatic carbocycles. The molecular weight excluding hydrogens is 417 g/mol. The first kappa shape index (κ1) is 17.9. The summed E-state index contributed by atoms with van der Waals surface area (Å²) in [5, 5.41) is -0.0622. The van der Waals surface area contributed by atoms with Crippen molar-refractivity contribution in [1.29, 1.82) is 0 Å². The predicted octanol–water partition coefficient (Wildman–Crippen LogP) is 4.90. The number of carbonyl (C=O) groups is 1. The van der Waals surface area contributed by atoms with Crippen molar-refractivity contribution < 1.29 is 13.9 Å². The van der Waals surface area contributed by atoms with Crippen LogP contribution in [0.3, 0.4) is 0 Å². The standard InChI is InChI=1S/C20H19BrFNO2S/c1-25-17-7-4-14(21)12-16(17)18-23(10-11-26-18)19(24)20(8-9-20)13-2-5-15(22)6-3-13/h2-7,12,18H,8-11H2,1H3. The van der Waals surface area contributed by atoms with Gasteiger partial charge in [0.05, 0.1) is 12.5 Å². The molecule has 0 N–H and O–H groups in total. The molecule has 4 rings (SSSR count). The Morgan fingerprint density at radius 3 is 2.65 bits per heavy atom. The molecule has 1 saturated carbocycles. The second-order valence-electron chi connectivity index (χ2n) is 6.70. The minimum Gasteiger partial charge on any atom is -0.496 e. The lowest BCUT2D eigenvalue weighted by atomic mass is 9.94. The van der Waals surface area contributed by atoms with Crippen LogP contribution in [0.15, 0.2) is 46.9 Å². The van der Waals surface area contributed by atoms with Gasteiger partial charge in [-0.25, -0.2) is 4.39 Å². The molecule has 2 aromatic carbocycles. The fourth-order valence-corrected chi connectivity index (χ4v) is 5.28. The van der Waals surface area contributed by atoms with Crippen molar-refractivity contribution in [2.75, 3.05) is 19.4 Å². The maximum Gasteiger partial charge on any atom is 0.234 e. The maximum absolute atomic E-state index is 13.4. The summed E-state index contributed by atoms with van der Waals surface area (Å²) >= 11 is 5.28. The van der Waals surface area contributed by atoms with Crippen LogP contribution in [0.5, 0.6) is 5.75 Å². The smallest absolute Gasteiger partial charge is 0.234 e. The number of methoxy groups -OCH3 is 1. The van der Waals surface area contributed by atoms with Gasteiger partial charge in [0, 0.05) is 22.3 Å². The van der Waals surface area contributed by atoms with E-state index in [1.54, 1.807) is 31.0 Å². The van der Waals surface area contributed by atoms with E-state index < -0.39 is 5.41 Å². The summed E-state index contributed by atoms with van der Waals surface area (Å²) in [6.07, 6.45) is 1.64. The highest BCUT2D eigenvalue weighted by atomic mass is 79.9. The van der Waals surface area contributed by atoms with E-state index in [4.69, 9.17) is 4.74 Å². The summed E-state index contributed by atoms with van der Waals surface area (Å²) in [4.78, 5) is 15.4. The van der Waals surface area contributed by atoms with Gasteiger partial charge in [0.15, 0.2) is 0 Å². The van der Waals surface area contributed by atoms with Gasteiger partial charge >= 0.3 is 0 Å².